The minimum atomic E-state index is 0.357. The molecule has 1 aliphatic heterocycles. The van der Waals surface area contributed by atoms with Crippen molar-refractivity contribution in [3.05, 3.63) is 33.8 Å². The molecule has 19 heavy (non-hydrogen) atoms. The highest BCUT2D eigenvalue weighted by molar-refractivity contribution is 6.42. The maximum Gasteiger partial charge on any atom is 0.0624 e. The van der Waals surface area contributed by atoms with E-state index in [2.05, 4.69) is 18.3 Å². The van der Waals surface area contributed by atoms with E-state index < -0.39 is 0 Å². The molecule has 2 rings (SSSR count). The van der Waals surface area contributed by atoms with Gasteiger partial charge in [0, 0.05) is 18.6 Å². The highest BCUT2D eigenvalue weighted by Gasteiger charge is 2.33. The van der Waals surface area contributed by atoms with Crippen LogP contribution in [0.2, 0.25) is 10.0 Å². The maximum absolute atomic E-state index is 6.28. The molecule has 106 valence electrons. The summed E-state index contributed by atoms with van der Waals surface area (Å²) in [7, 11) is 2.01. The number of nitrogens with one attached hydrogen (secondary N) is 1. The van der Waals surface area contributed by atoms with Crippen molar-refractivity contribution in [3.8, 4) is 0 Å². The van der Waals surface area contributed by atoms with Crippen molar-refractivity contribution >= 4 is 23.2 Å². The van der Waals surface area contributed by atoms with E-state index in [9.17, 15) is 0 Å². The lowest BCUT2D eigenvalue weighted by Gasteiger charge is -2.27. The fourth-order valence-corrected chi connectivity index (χ4v) is 3.35. The van der Waals surface area contributed by atoms with E-state index in [0.717, 1.165) is 31.4 Å². The van der Waals surface area contributed by atoms with Crippen LogP contribution in [-0.2, 0) is 11.2 Å². The molecule has 0 radical (unpaired) electrons. The van der Waals surface area contributed by atoms with Crippen LogP contribution in [0.15, 0.2) is 18.2 Å². The smallest absolute Gasteiger partial charge is 0.0624 e. The van der Waals surface area contributed by atoms with Gasteiger partial charge in [-0.3, -0.25) is 0 Å². The topological polar surface area (TPSA) is 21.3 Å². The average Bonchev–Trinajstić information content (AvgIpc) is 2.88. The molecule has 0 aliphatic carbocycles. The third-order valence-electron chi connectivity index (χ3n) is 4.02. The fourth-order valence-electron chi connectivity index (χ4n) is 2.96. The first kappa shape index (κ1) is 15.1. The molecular formula is C15H21Cl2NO. The molecular weight excluding hydrogens is 281 g/mol. The van der Waals surface area contributed by atoms with Crippen LogP contribution in [0.3, 0.4) is 0 Å². The van der Waals surface area contributed by atoms with Gasteiger partial charge in [0.05, 0.1) is 16.1 Å². The molecule has 0 amide bonds. The number of rotatable bonds is 5. The normalized spacial score (nSPS) is 24.6. The molecule has 1 N–H and O–H groups in total. The molecule has 1 fully saturated rings. The zero-order valence-corrected chi connectivity index (χ0v) is 13.0. The highest BCUT2D eigenvalue weighted by atomic mass is 35.5. The predicted molar refractivity (Wildman–Crippen MR) is 81.2 cm³/mol. The van der Waals surface area contributed by atoms with Crippen LogP contribution in [-0.4, -0.2) is 25.8 Å². The Bertz CT molecular complexity index is 425. The van der Waals surface area contributed by atoms with Crippen LogP contribution in [0.5, 0.6) is 0 Å². The Hall–Kier alpha value is -0.280. The third-order valence-corrected chi connectivity index (χ3v) is 4.88. The van der Waals surface area contributed by atoms with Gasteiger partial charge in [-0.2, -0.15) is 0 Å². The predicted octanol–water partition coefficient (Wildman–Crippen LogP) is 3.94. The second-order valence-electron chi connectivity index (χ2n) is 5.08. The number of hydrogen-bond acceptors (Lipinski definition) is 2. The van der Waals surface area contributed by atoms with E-state index >= 15 is 0 Å². The maximum atomic E-state index is 6.28. The van der Waals surface area contributed by atoms with Gasteiger partial charge < -0.3 is 10.1 Å². The van der Waals surface area contributed by atoms with Gasteiger partial charge in [-0.25, -0.2) is 0 Å². The largest absolute Gasteiger partial charge is 0.378 e. The summed E-state index contributed by atoms with van der Waals surface area (Å²) in [5.74, 6) is 0.546. The second-order valence-corrected chi connectivity index (χ2v) is 5.87. The highest BCUT2D eigenvalue weighted by Crippen LogP contribution is 2.31. The fraction of sp³-hybridized carbons (Fsp3) is 0.600. The summed E-state index contributed by atoms with van der Waals surface area (Å²) in [6, 6.07) is 6.21. The Morgan fingerprint density at radius 2 is 2.21 bits per heavy atom. The van der Waals surface area contributed by atoms with Crippen molar-refractivity contribution in [2.75, 3.05) is 13.7 Å². The quantitative estimate of drug-likeness (QED) is 0.889. The molecule has 4 heteroatoms. The first-order chi connectivity index (χ1) is 9.17. The summed E-state index contributed by atoms with van der Waals surface area (Å²) < 4.78 is 5.79. The third kappa shape index (κ3) is 3.43. The Balaban J connectivity index is 2.12. The molecule has 2 nitrogen and oxygen atoms in total. The van der Waals surface area contributed by atoms with Crippen LogP contribution < -0.4 is 5.32 Å². The first-order valence-electron chi connectivity index (χ1n) is 6.89. The van der Waals surface area contributed by atoms with Crippen molar-refractivity contribution < 1.29 is 4.74 Å². The van der Waals surface area contributed by atoms with Crippen molar-refractivity contribution in [1.29, 1.82) is 0 Å². The molecule has 0 spiro atoms. The lowest BCUT2D eigenvalue weighted by atomic mass is 9.87. The second kappa shape index (κ2) is 6.94. The van der Waals surface area contributed by atoms with Crippen molar-refractivity contribution in [1.82, 2.24) is 5.32 Å². The van der Waals surface area contributed by atoms with Gasteiger partial charge in [-0.05, 0) is 37.9 Å². The number of hydrogen-bond donors (Lipinski definition) is 1. The molecule has 3 unspecified atom stereocenters. The van der Waals surface area contributed by atoms with Gasteiger partial charge in [0.1, 0.15) is 0 Å². The lowest BCUT2D eigenvalue weighted by molar-refractivity contribution is 0.0783. The summed E-state index contributed by atoms with van der Waals surface area (Å²) in [5, 5.41) is 4.73. The van der Waals surface area contributed by atoms with E-state index in [0.29, 0.717) is 28.1 Å². The van der Waals surface area contributed by atoms with Gasteiger partial charge in [0.25, 0.3) is 0 Å². The number of benzene rings is 1. The SMILES string of the molecule is CCC1OCCC1C(Cc1cccc(Cl)c1Cl)NC. The molecule has 1 aromatic rings. The molecule has 0 bridgehead atoms. The average molecular weight is 302 g/mol. The van der Waals surface area contributed by atoms with E-state index in [1.165, 1.54) is 0 Å². The number of likely N-dealkylation sites (N-methyl/N-ethyl adjacent to an activating group) is 1. The number of halogens is 2. The van der Waals surface area contributed by atoms with Crippen molar-refractivity contribution in [3.63, 3.8) is 0 Å². The molecule has 0 saturated carbocycles. The minimum absolute atomic E-state index is 0.357. The Kier molecular flexibility index (Phi) is 5.52. The molecule has 1 aromatic carbocycles. The molecule has 1 saturated heterocycles. The Labute approximate surface area is 125 Å². The standard InChI is InChI=1S/C15H21Cl2NO/c1-3-14-11(7-8-19-14)13(18-2)9-10-5-4-6-12(16)15(10)17/h4-6,11,13-14,18H,3,7-9H2,1-2H3. The van der Waals surface area contributed by atoms with Gasteiger partial charge in [0.15, 0.2) is 0 Å². The summed E-state index contributed by atoms with van der Waals surface area (Å²) in [5.41, 5.74) is 1.11. The van der Waals surface area contributed by atoms with Gasteiger partial charge in [0.2, 0.25) is 0 Å². The number of ether oxygens (including phenoxy) is 1. The van der Waals surface area contributed by atoms with E-state index in [-0.39, 0.29) is 0 Å². The summed E-state index contributed by atoms with van der Waals surface area (Å²) in [6.07, 6.45) is 3.42. The summed E-state index contributed by atoms with van der Waals surface area (Å²) in [4.78, 5) is 0. The minimum Gasteiger partial charge on any atom is -0.378 e. The van der Waals surface area contributed by atoms with Gasteiger partial charge in [-0.1, -0.05) is 42.3 Å². The van der Waals surface area contributed by atoms with Crippen LogP contribution in [0.4, 0.5) is 0 Å². The molecule has 0 aromatic heterocycles. The zero-order chi connectivity index (χ0) is 13.8. The zero-order valence-electron chi connectivity index (χ0n) is 11.5. The Morgan fingerprint density at radius 3 is 2.89 bits per heavy atom. The van der Waals surface area contributed by atoms with Gasteiger partial charge in [-0.15, -0.1) is 0 Å². The monoisotopic (exact) mass is 301 g/mol. The van der Waals surface area contributed by atoms with E-state index in [4.69, 9.17) is 27.9 Å². The van der Waals surface area contributed by atoms with E-state index in [1.807, 2.05) is 19.2 Å². The first-order valence-corrected chi connectivity index (χ1v) is 7.64. The van der Waals surface area contributed by atoms with Crippen LogP contribution >= 0.6 is 23.2 Å². The molecule has 1 aliphatic rings. The van der Waals surface area contributed by atoms with Crippen molar-refractivity contribution in [2.24, 2.45) is 5.92 Å². The van der Waals surface area contributed by atoms with Crippen molar-refractivity contribution in [2.45, 2.75) is 38.3 Å². The van der Waals surface area contributed by atoms with Crippen LogP contribution in [0.25, 0.3) is 0 Å². The molecule has 3 atom stereocenters. The Morgan fingerprint density at radius 1 is 1.42 bits per heavy atom. The van der Waals surface area contributed by atoms with Gasteiger partial charge >= 0.3 is 0 Å². The summed E-state index contributed by atoms with van der Waals surface area (Å²) in [6.45, 7) is 3.05. The molecule has 1 heterocycles. The van der Waals surface area contributed by atoms with Crippen LogP contribution in [0, 0.1) is 5.92 Å². The lowest BCUT2D eigenvalue weighted by Crippen LogP contribution is -2.39. The summed E-state index contributed by atoms with van der Waals surface area (Å²) >= 11 is 12.4. The van der Waals surface area contributed by atoms with Crippen LogP contribution in [0.1, 0.15) is 25.3 Å². The van der Waals surface area contributed by atoms with E-state index in [1.54, 1.807) is 0 Å².